The molecule has 0 heterocycles. The highest BCUT2D eigenvalue weighted by Gasteiger charge is 2.17. The summed E-state index contributed by atoms with van der Waals surface area (Å²) in [5, 5.41) is 2.76. The van der Waals surface area contributed by atoms with Crippen molar-refractivity contribution in [3.8, 4) is 0 Å². The van der Waals surface area contributed by atoms with Gasteiger partial charge in [-0.05, 0) is 18.2 Å². The quantitative estimate of drug-likeness (QED) is 0.235. The predicted octanol–water partition coefficient (Wildman–Crippen LogP) is -1.93. The van der Waals surface area contributed by atoms with Crippen LogP contribution in [0.4, 0.5) is 0 Å². The van der Waals surface area contributed by atoms with Crippen molar-refractivity contribution in [3.63, 3.8) is 0 Å². The molecule has 0 atom stereocenters. The third-order valence-corrected chi connectivity index (χ3v) is 1.96. The van der Waals surface area contributed by atoms with Crippen LogP contribution < -0.4 is 17.7 Å². The zero-order chi connectivity index (χ0) is 11.0. The van der Waals surface area contributed by atoms with E-state index in [1.165, 1.54) is 6.08 Å². The van der Waals surface area contributed by atoms with Crippen molar-refractivity contribution in [3.05, 3.63) is 38.0 Å². The standard InChI is InChI=1S/C11H18N2O.ClH/c1-5-8-13(4,9-6-2)10-12-11(14)7-3;/h5-7H,1-3,8-10H2,4H3;1H. The van der Waals surface area contributed by atoms with E-state index in [9.17, 15) is 4.79 Å². The van der Waals surface area contributed by atoms with Crippen LogP contribution in [0.3, 0.4) is 0 Å². The van der Waals surface area contributed by atoms with Crippen molar-refractivity contribution in [1.82, 2.24) is 5.32 Å². The molecule has 4 heteroatoms. The zero-order valence-electron chi connectivity index (χ0n) is 9.21. The SMILES string of the molecule is C=CC[N+](C)(CC=C)CNC(=O)C=C.[Cl-]. The molecular weight excluding hydrogens is 212 g/mol. The molecule has 0 radical (unpaired) electrons. The number of carbonyl (C=O) groups is 1. The average Bonchev–Trinajstić information content (AvgIpc) is 2.15. The van der Waals surface area contributed by atoms with Gasteiger partial charge in [-0.15, -0.1) is 0 Å². The lowest BCUT2D eigenvalue weighted by atomic mass is 10.4. The van der Waals surface area contributed by atoms with Gasteiger partial charge >= 0.3 is 0 Å². The van der Waals surface area contributed by atoms with Gasteiger partial charge < -0.3 is 22.2 Å². The van der Waals surface area contributed by atoms with Crippen LogP contribution in [0, 0.1) is 0 Å². The van der Waals surface area contributed by atoms with Crippen LogP contribution in [0.2, 0.25) is 0 Å². The summed E-state index contributed by atoms with van der Waals surface area (Å²) in [4.78, 5) is 11.0. The highest BCUT2D eigenvalue weighted by molar-refractivity contribution is 5.86. The van der Waals surface area contributed by atoms with Crippen LogP contribution in [-0.4, -0.2) is 37.2 Å². The molecule has 0 aliphatic heterocycles. The third kappa shape index (κ3) is 6.94. The molecule has 0 saturated carbocycles. The molecule has 1 N–H and O–H groups in total. The minimum atomic E-state index is -0.150. The number of nitrogens with zero attached hydrogens (tertiary/aromatic N) is 1. The maximum absolute atomic E-state index is 11.0. The number of rotatable bonds is 7. The molecule has 1 amide bonds. The second-order valence-corrected chi connectivity index (χ2v) is 3.47. The van der Waals surface area contributed by atoms with E-state index in [0.29, 0.717) is 11.2 Å². The largest absolute Gasteiger partial charge is 1.00 e. The molecule has 0 aliphatic carbocycles. The Labute approximate surface area is 98.2 Å². The summed E-state index contributed by atoms with van der Waals surface area (Å²) in [5.41, 5.74) is 0. The molecule has 15 heavy (non-hydrogen) atoms. The molecule has 0 aromatic heterocycles. The first-order valence-corrected chi connectivity index (χ1v) is 4.53. The summed E-state index contributed by atoms with van der Waals surface area (Å²) in [6, 6.07) is 0. The molecule has 0 rings (SSSR count). The lowest BCUT2D eigenvalue weighted by Crippen LogP contribution is -3.00. The third-order valence-electron chi connectivity index (χ3n) is 1.96. The van der Waals surface area contributed by atoms with Gasteiger partial charge in [-0.25, -0.2) is 0 Å². The summed E-state index contributed by atoms with van der Waals surface area (Å²) in [7, 11) is 2.03. The molecule has 0 aliphatic rings. The first-order chi connectivity index (χ1) is 6.58. The van der Waals surface area contributed by atoms with Gasteiger partial charge in [-0.2, -0.15) is 0 Å². The molecule has 0 unspecified atom stereocenters. The molecule has 0 aromatic rings. The monoisotopic (exact) mass is 230 g/mol. The van der Waals surface area contributed by atoms with E-state index >= 15 is 0 Å². The van der Waals surface area contributed by atoms with Crippen molar-refractivity contribution in [2.75, 3.05) is 26.8 Å². The number of hydrogen-bond donors (Lipinski definition) is 1. The molecule has 0 bridgehead atoms. The van der Waals surface area contributed by atoms with Crippen molar-refractivity contribution >= 4 is 5.91 Å². The summed E-state index contributed by atoms with van der Waals surface area (Å²) in [6.07, 6.45) is 4.94. The second-order valence-electron chi connectivity index (χ2n) is 3.47. The van der Waals surface area contributed by atoms with Crippen molar-refractivity contribution < 1.29 is 21.7 Å². The Kier molecular flexibility index (Phi) is 9.02. The van der Waals surface area contributed by atoms with Crippen LogP contribution in [0.5, 0.6) is 0 Å². The molecule has 0 spiro atoms. The second kappa shape index (κ2) is 8.26. The van der Waals surface area contributed by atoms with E-state index in [1.54, 1.807) is 0 Å². The van der Waals surface area contributed by atoms with E-state index in [1.807, 2.05) is 19.2 Å². The average molecular weight is 231 g/mol. The molecule has 86 valence electrons. The molecule has 0 saturated heterocycles. The summed E-state index contributed by atoms with van der Waals surface area (Å²) < 4.78 is 0.673. The molecule has 0 aromatic carbocycles. The lowest BCUT2D eigenvalue weighted by molar-refractivity contribution is -0.900. The van der Waals surface area contributed by atoms with E-state index in [4.69, 9.17) is 0 Å². The van der Waals surface area contributed by atoms with Gasteiger partial charge in [0.25, 0.3) is 0 Å². The summed E-state index contributed by atoms with van der Waals surface area (Å²) >= 11 is 0. The van der Waals surface area contributed by atoms with Crippen molar-refractivity contribution in [2.24, 2.45) is 0 Å². The first kappa shape index (κ1) is 16.4. The minimum Gasteiger partial charge on any atom is -1.00 e. The first-order valence-electron chi connectivity index (χ1n) is 4.53. The number of hydrogen-bond acceptors (Lipinski definition) is 1. The fourth-order valence-corrected chi connectivity index (χ4v) is 1.17. The summed E-state index contributed by atoms with van der Waals surface area (Å²) in [6.45, 7) is 12.9. The maximum Gasteiger partial charge on any atom is 0.247 e. The Balaban J connectivity index is 0. The molecule has 0 fully saturated rings. The van der Waals surface area contributed by atoms with Gasteiger partial charge in [0.15, 0.2) is 6.67 Å². The number of nitrogens with one attached hydrogen (secondary N) is 1. The van der Waals surface area contributed by atoms with Crippen molar-refractivity contribution in [1.29, 1.82) is 0 Å². The fraction of sp³-hybridized carbons (Fsp3) is 0.364. The highest BCUT2D eigenvalue weighted by Crippen LogP contribution is 2.00. The topological polar surface area (TPSA) is 29.1 Å². The van der Waals surface area contributed by atoms with Crippen LogP contribution in [0.1, 0.15) is 0 Å². The number of halogens is 1. The zero-order valence-corrected chi connectivity index (χ0v) is 9.96. The van der Waals surface area contributed by atoms with Gasteiger partial charge in [-0.3, -0.25) is 4.79 Å². The van der Waals surface area contributed by atoms with Gasteiger partial charge in [0.1, 0.15) is 0 Å². The van der Waals surface area contributed by atoms with Crippen LogP contribution in [-0.2, 0) is 4.79 Å². The normalized spacial score (nSPS) is 9.67. The molecule has 3 nitrogen and oxygen atoms in total. The Morgan fingerprint density at radius 2 is 1.73 bits per heavy atom. The molecular formula is C11H19ClN2O. The van der Waals surface area contributed by atoms with Crippen LogP contribution >= 0.6 is 0 Å². The predicted molar refractivity (Wildman–Crippen MR) is 59.5 cm³/mol. The van der Waals surface area contributed by atoms with E-state index in [0.717, 1.165) is 13.1 Å². The van der Waals surface area contributed by atoms with E-state index in [2.05, 4.69) is 25.1 Å². The number of quaternary nitrogens is 1. The lowest BCUT2D eigenvalue weighted by Gasteiger charge is -2.32. The Morgan fingerprint density at radius 3 is 2.07 bits per heavy atom. The van der Waals surface area contributed by atoms with E-state index < -0.39 is 0 Å². The van der Waals surface area contributed by atoms with Gasteiger partial charge in [0.2, 0.25) is 5.91 Å². The van der Waals surface area contributed by atoms with E-state index in [-0.39, 0.29) is 18.3 Å². The maximum atomic E-state index is 11.0. The fourth-order valence-electron chi connectivity index (χ4n) is 1.17. The smallest absolute Gasteiger partial charge is 0.247 e. The van der Waals surface area contributed by atoms with Gasteiger partial charge in [-0.1, -0.05) is 19.7 Å². The summed E-state index contributed by atoms with van der Waals surface area (Å²) in [5.74, 6) is -0.150. The number of amides is 1. The highest BCUT2D eigenvalue weighted by atomic mass is 35.5. The van der Waals surface area contributed by atoms with Crippen LogP contribution in [0.25, 0.3) is 0 Å². The van der Waals surface area contributed by atoms with Gasteiger partial charge in [0.05, 0.1) is 20.1 Å². The van der Waals surface area contributed by atoms with Crippen LogP contribution in [0.15, 0.2) is 38.0 Å². The van der Waals surface area contributed by atoms with Crippen molar-refractivity contribution in [2.45, 2.75) is 0 Å². The van der Waals surface area contributed by atoms with Gasteiger partial charge in [0, 0.05) is 0 Å². The number of carbonyl (C=O) groups excluding carboxylic acids is 1. The number of likely N-dealkylation sites (N-methyl/N-ethyl adjacent to an activating group) is 1. The Bertz CT molecular complexity index is 229. The Hall–Kier alpha value is -1.06. The minimum absolute atomic E-state index is 0. The Morgan fingerprint density at radius 1 is 1.27 bits per heavy atom.